The van der Waals surface area contributed by atoms with Crippen LogP contribution < -0.4 is 21.1 Å². The van der Waals surface area contributed by atoms with Crippen molar-refractivity contribution in [2.75, 3.05) is 23.3 Å². The summed E-state index contributed by atoms with van der Waals surface area (Å²) in [5, 5.41) is 9.80. The summed E-state index contributed by atoms with van der Waals surface area (Å²) in [6, 6.07) is 10.1. The van der Waals surface area contributed by atoms with Gasteiger partial charge in [-0.25, -0.2) is 4.68 Å². The summed E-state index contributed by atoms with van der Waals surface area (Å²) in [6.07, 6.45) is 4.59. The van der Waals surface area contributed by atoms with Crippen molar-refractivity contribution in [1.29, 1.82) is 0 Å². The highest BCUT2D eigenvalue weighted by atomic mass is 16.2. The Hall–Kier alpha value is -3.16. The molecule has 2 heterocycles. The van der Waals surface area contributed by atoms with Crippen LogP contribution in [0.15, 0.2) is 41.2 Å². The first-order valence-corrected chi connectivity index (χ1v) is 11.0. The Morgan fingerprint density at radius 2 is 1.94 bits per heavy atom. The first-order valence-electron chi connectivity index (χ1n) is 11.0. The molecule has 2 aromatic rings. The number of carbonyl (C=O) groups excluding carboxylic acids is 2. The minimum absolute atomic E-state index is 0.221. The summed E-state index contributed by atoms with van der Waals surface area (Å²) in [6.45, 7) is 5.62. The molecule has 1 aliphatic rings. The van der Waals surface area contributed by atoms with Gasteiger partial charge in [0.05, 0.1) is 5.69 Å². The number of amides is 2. The molecular formula is C23H31N5O3. The van der Waals surface area contributed by atoms with Crippen LogP contribution in [-0.4, -0.2) is 40.7 Å². The summed E-state index contributed by atoms with van der Waals surface area (Å²) in [4.78, 5) is 39.7. The molecule has 1 saturated heterocycles. The molecule has 0 saturated carbocycles. The normalized spacial score (nSPS) is 14.3. The summed E-state index contributed by atoms with van der Waals surface area (Å²) in [5.74, 6) is -0.674. The van der Waals surface area contributed by atoms with E-state index in [1.165, 1.54) is 18.9 Å². The molecule has 0 aliphatic carbocycles. The van der Waals surface area contributed by atoms with Crippen LogP contribution in [0.5, 0.6) is 0 Å². The molecule has 31 heavy (non-hydrogen) atoms. The van der Waals surface area contributed by atoms with E-state index in [2.05, 4.69) is 20.6 Å². The number of hydrogen-bond acceptors (Lipinski definition) is 5. The molecule has 1 aromatic heterocycles. The third-order valence-corrected chi connectivity index (χ3v) is 5.38. The van der Waals surface area contributed by atoms with Gasteiger partial charge >= 0.3 is 0 Å². The molecule has 3 rings (SSSR count). The van der Waals surface area contributed by atoms with Crippen LogP contribution in [0.4, 0.5) is 11.4 Å². The summed E-state index contributed by atoms with van der Waals surface area (Å²) in [5.41, 5.74) is 2.09. The van der Waals surface area contributed by atoms with Crippen molar-refractivity contribution in [3.05, 3.63) is 52.4 Å². The zero-order chi connectivity index (χ0) is 22.2. The molecular weight excluding hydrogens is 394 g/mol. The average Bonchev–Trinajstić information content (AvgIpc) is 3.29. The number of nitrogens with zero attached hydrogens (tertiary/aromatic N) is 3. The molecule has 166 valence electrons. The minimum atomic E-state index is -0.677. The number of anilines is 2. The molecule has 1 fully saturated rings. The second-order valence-corrected chi connectivity index (χ2v) is 7.97. The lowest BCUT2D eigenvalue weighted by molar-refractivity contribution is -0.127. The van der Waals surface area contributed by atoms with Crippen molar-refractivity contribution in [2.45, 2.75) is 58.5 Å². The van der Waals surface area contributed by atoms with Crippen molar-refractivity contribution in [3.63, 3.8) is 0 Å². The lowest BCUT2D eigenvalue weighted by Crippen LogP contribution is -2.46. The zero-order valence-corrected chi connectivity index (χ0v) is 18.3. The van der Waals surface area contributed by atoms with Crippen molar-refractivity contribution in [3.8, 4) is 0 Å². The number of unbranched alkanes of at least 4 members (excludes halogenated alkanes) is 1. The quantitative estimate of drug-likeness (QED) is 0.643. The molecule has 1 atom stereocenters. The van der Waals surface area contributed by atoms with E-state index in [9.17, 15) is 14.4 Å². The van der Waals surface area contributed by atoms with Crippen LogP contribution >= 0.6 is 0 Å². The molecule has 0 spiro atoms. The lowest BCUT2D eigenvalue weighted by Gasteiger charge is -2.21. The second-order valence-electron chi connectivity index (χ2n) is 7.97. The number of nitrogens with one attached hydrogen (secondary N) is 2. The molecule has 0 radical (unpaired) electrons. The molecule has 2 N–H and O–H groups in total. The number of benzene rings is 1. The van der Waals surface area contributed by atoms with E-state index < -0.39 is 11.9 Å². The fraction of sp³-hybridized carbons (Fsp3) is 0.478. The van der Waals surface area contributed by atoms with Gasteiger partial charge in [0.1, 0.15) is 12.6 Å². The molecule has 1 unspecified atom stereocenters. The SMILES string of the molecule is CCCCC(NC(=O)Cn1nc(C)ccc1=O)C(=O)Nc1cccc(N2CCCC2)c1. The lowest BCUT2D eigenvalue weighted by atomic mass is 10.1. The Balaban J connectivity index is 1.66. The van der Waals surface area contributed by atoms with Crippen molar-refractivity contribution >= 4 is 23.2 Å². The highest BCUT2D eigenvalue weighted by Crippen LogP contribution is 2.23. The third-order valence-electron chi connectivity index (χ3n) is 5.38. The molecule has 2 amide bonds. The maximum absolute atomic E-state index is 12.9. The number of aromatic nitrogens is 2. The van der Waals surface area contributed by atoms with E-state index in [-0.39, 0.29) is 18.0 Å². The summed E-state index contributed by atoms with van der Waals surface area (Å²) in [7, 11) is 0. The highest BCUT2D eigenvalue weighted by molar-refractivity contribution is 5.97. The maximum Gasteiger partial charge on any atom is 0.267 e. The van der Waals surface area contributed by atoms with Gasteiger partial charge < -0.3 is 15.5 Å². The summed E-state index contributed by atoms with van der Waals surface area (Å²) >= 11 is 0. The molecule has 1 aliphatic heterocycles. The largest absolute Gasteiger partial charge is 0.371 e. The van der Waals surface area contributed by atoms with Gasteiger partial charge in [-0.2, -0.15) is 5.10 Å². The number of hydrogen-bond donors (Lipinski definition) is 2. The molecule has 0 bridgehead atoms. The summed E-state index contributed by atoms with van der Waals surface area (Å²) < 4.78 is 1.11. The van der Waals surface area contributed by atoms with Gasteiger partial charge in [0.2, 0.25) is 11.8 Å². The topological polar surface area (TPSA) is 96.3 Å². The fourth-order valence-corrected chi connectivity index (χ4v) is 3.70. The predicted molar refractivity (Wildman–Crippen MR) is 121 cm³/mol. The number of carbonyl (C=O) groups is 2. The smallest absolute Gasteiger partial charge is 0.267 e. The van der Waals surface area contributed by atoms with Gasteiger partial charge in [-0.05, 0) is 50.5 Å². The first-order chi connectivity index (χ1) is 15.0. The molecule has 8 heteroatoms. The maximum atomic E-state index is 12.9. The number of aryl methyl sites for hydroxylation is 1. The van der Waals surface area contributed by atoms with E-state index in [0.29, 0.717) is 17.8 Å². The Bertz CT molecular complexity index is 966. The molecule has 1 aromatic carbocycles. The Kier molecular flexibility index (Phi) is 7.81. The van der Waals surface area contributed by atoms with E-state index in [1.807, 2.05) is 31.2 Å². The Morgan fingerprint density at radius 3 is 2.68 bits per heavy atom. The first kappa shape index (κ1) is 22.5. The van der Waals surface area contributed by atoms with Crippen LogP contribution in [-0.2, 0) is 16.1 Å². The van der Waals surface area contributed by atoms with Crippen molar-refractivity contribution in [2.24, 2.45) is 0 Å². The van der Waals surface area contributed by atoms with Crippen LogP contribution in [0.3, 0.4) is 0 Å². The van der Waals surface area contributed by atoms with Gasteiger partial charge in [0, 0.05) is 30.5 Å². The monoisotopic (exact) mass is 425 g/mol. The standard InChI is InChI=1S/C23H31N5O3/c1-3-4-10-20(25-21(29)16-28-22(30)12-11-17(2)26-28)23(31)24-18-8-7-9-19(15-18)27-13-5-6-14-27/h7-9,11-12,15,20H,3-6,10,13-14,16H2,1-2H3,(H,24,31)(H,25,29). The van der Waals surface area contributed by atoms with E-state index in [4.69, 9.17) is 0 Å². The second kappa shape index (κ2) is 10.7. The van der Waals surface area contributed by atoms with E-state index in [1.54, 1.807) is 13.0 Å². The van der Waals surface area contributed by atoms with Gasteiger partial charge in [-0.15, -0.1) is 0 Å². The van der Waals surface area contributed by atoms with Gasteiger partial charge in [0.25, 0.3) is 5.56 Å². The average molecular weight is 426 g/mol. The van der Waals surface area contributed by atoms with Crippen LogP contribution in [0.1, 0.15) is 44.7 Å². The van der Waals surface area contributed by atoms with Gasteiger partial charge in [-0.1, -0.05) is 25.8 Å². The van der Waals surface area contributed by atoms with Gasteiger partial charge in [0.15, 0.2) is 0 Å². The van der Waals surface area contributed by atoms with E-state index in [0.717, 1.165) is 36.3 Å². The van der Waals surface area contributed by atoms with E-state index >= 15 is 0 Å². The minimum Gasteiger partial charge on any atom is -0.371 e. The van der Waals surface area contributed by atoms with Crippen LogP contribution in [0, 0.1) is 6.92 Å². The van der Waals surface area contributed by atoms with Crippen LogP contribution in [0.2, 0.25) is 0 Å². The fourth-order valence-electron chi connectivity index (χ4n) is 3.70. The Labute approximate surface area is 182 Å². The molecule has 8 nitrogen and oxygen atoms in total. The highest BCUT2D eigenvalue weighted by Gasteiger charge is 2.21. The third kappa shape index (κ3) is 6.41. The van der Waals surface area contributed by atoms with Crippen molar-refractivity contribution in [1.82, 2.24) is 15.1 Å². The predicted octanol–water partition coefficient (Wildman–Crippen LogP) is 2.47. The van der Waals surface area contributed by atoms with Gasteiger partial charge in [-0.3, -0.25) is 14.4 Å². The van der Waals surface area contributed by atoms with Crippen molar-refractivity contribution < 1.29 is 9.59 Å². The van der Waals surface area contributed by atoms with Crippen LogP contribution in [0.25, 0.3) is 0 Å². The Morgan fingerprint density at radius 1 is 1.16 bits per heavy atom. The number of rotatable bonds is 9. The zero-order valence-electron chi connectivity index (χ0n) is 18.3.